The Labute approximate surface area is 126 Å². The fourth-order valence-electron chi connectivity index (χ4n) is 2.05. The molecular weight excluding hydrogens is 318 g/mol. The first-order chi connectivity index (χ1) is 9.87. The van der Waals surface area contributed by atoms with Crippen molar-refractivity contribution in [2.24, 2.45) is 0 Å². The number of nitro groups is 1. The van der Waals surface area contributed by atoms with Gasteiger partial charge < -0.3 is 10.1 Å². The Morgan fingerprint density at radius 3 is 2.71 bits per heavy atom. The molecule has 21 heavy (non-hydrogen) atoms. The number of hydrogen-bond donors (Lipinski definition) is 2. The second-order valence-electron chi connectivity index (χ2n) is 4.71. The first-order valence-electron chi connectivity index (χ1n) is 6.44. The minimum absolute atomic E-state index is 0.0500. The van der Waals surface area contributed by atoms with Crippen LogP contribution in [0.3, 0.4) is 0 Å². The summed E-state index contributed by atoms with van der Waals surface area (Å²) in [5.41, 5.74) is -0.217. The highest BCUT2D eigenvalue weighted by molar-refractivity contribution is 7.91. The first-order valence-corrected chi connectivity index (χ1v) is 8.74. The van der Waals surface area contributed by atoms with E-state index in [1.54, 1.807) is 14.0 Å². The van der Waals surface area contributed by atoms with E-state index in [9.17, 15) is 18.5 Å². The van der Waals surface area contributed by atoms with E-state index in [4.69, 9.17) is 4.74 Å². The lowest BCUT2D eigenvalue weighted by atomic mass is 9.90. The van der Waals surface area contributed by atoms with Gasteiger partial charge in [0.25, 0.3) is 10.0 Å². The average molecular weight is 335 g/mol. The number of anilines is 1. The lowest BCUT2D eigenvalue weighted by Gasteiger charge is -2.34. The van der Waals surface area contributed by atoms with Crippen molar-refractivity contribution < 1.29 is 18.1 Å². The molecule has 2 rings (SSSR count). The van der Waals surface area contributed by atoms with E-state index in [0.717, 1.165) is 17.4 Å². The zero-order chi connectivity index (χ0) is 15.6. The largest absolute Gasteiger partial charge is 0.381 e. The van der Waals surface area contributed by atoms with Gasteiger partial charge in [0.2, 0.25) is 0 Å². The zero-order valence-electron chi connectivity index (χ0n) is 11.7. The van der Waals surface area contributed by atoms with Gasteiger partial charge in [-0.05, 0) is 19.8 Å². The zero-order valence-corrected chi connectivity index (χ0v) is 13.3. The molecule has 0 saturated heterocycles. The molecule has 0 unspecified atom stereocenters. The number of ether oxygens (including phenoxy) is 1. The van der Waals surface area contributed by atoms with E-state index in [2.05, 4.69) is 10.0 Å². The molecule has 0 aromatic carbocycles. The summed E-state index contributed by atoms with van der Waals surface area (Å²) in [4.78, 5) is 10.4. The summed E-state index contributed by atoms with van der Waals surface area (Å²) in [5.74, 6) is 0. The summed E-state index contributed by atoms with van der Waals surface area (Å²) in [7, 11) is -2.15. The lowest BCUT2D eigenvalue weighted by molar-refractivity contribution is -0.383. The first kappa shape index (κ1) is 16.1. The maximum atomic E-state index is 12.2. The van der Waals surface area contributed by atoms with Crippen LogP contribution in [0.1, 0.15) is 19.8 Å². The van der Waals surface area contributed by atoms with Crippen molar-refractivity contribution in [1.82, 2.24) is 4.72 Å². The predicted octanol–water partition coefficient (Wildman–Crippen LogP) is 1.54. The van der Waals surface area contributed by atoms with Crippen LogP contribution in [0.4, 0.5) is 10.7 Å². The Hall–Kier alpha value is -1.23. The van der Waals surface area contributed by atoms with Gasteiger partial charge in [-0.25, -0.2) is 13.1 Å². The molecule has 118 valence electrons. The van der Waals surface area contributed by atoms with Gasteiger partial charge in [0, 0.05) is 25.8 Å². The molecule has 0 spiro atoms. The fraction of sp³-hybridized carbons (Fsp3) is 0.636. The molecule has 1 aliphatic carbocycles. The van der Waals surface area contributed by atoms with Crippen molar-refractivity contribution in [2.45, 2.75) is 36.1 Å². The molecule has 1 aliphatic rings. The molecule has 1 saturated carbocycles. The third-order valence-electron chi connectivity index (χ3n) is 3.24. The summed E-state index contributed by atoms with van der Waals surface area (Å²) in [6, 6.07) is 0.918. The van der Waals surface area contributed by atoms with E-state index >= 15 is 0 Å². The van der Waals surface area contributed by atoms with E-state index in [1.807, 2.05) is 0 Å². The van der Waals surface area contributed by atoms with Crippen LogP contribution in [0.15, 0.2) is 10.3 Å². The number of rotatable bonds is 7. The average Bonchev–Trinajstić information content (AvgIpc) is 2.78. The molecule has 0 bridgehead atoms. The molecule has 1 heterocycles. The molecule has 10 heteroatoms. The number of sulfonamides is 1. The van der Waals surface area contributed by atoms with Gasteiger partial charge in [-0.1, -0.05) is 11.3 Å². The van der Waals surface area contributed by atoms with Gasteiger partial charge in [0.05, 0.1) is 11.0 Å². The number of methoxy groups -OCH3 is 1. The summed E-state index contributed by atoms with van der Waals surface area (Å²) in [6.45, 7) is 2.27. The van der Waals surface area contributed by atoms with Crippen molar-refractivity contribution in [3.8, 4) is 0 Å². The minimum atomic E-state index is -3.74. The lowest BCUT2D eigenvalue weighted by Crippen LogP contribution is -2.47. The van der Waals surface area contributed by atoms with E-state index < -0.39 is 14.9 Å². The van der Waals surface area contributed by atoms with Gasteiger partial charge in [-0.2, -0.15) is 0 Å². The number of nitrogens with one attached hydrogen (secondary N) is 2. The molecule has 0 radical (unpaired) electrons. The predicted molar refractivity (Wildman–Crippen MR) is 79.3 cm³/mol. The molecule has 1 aromatic heterocycles. The molecule has 8 nitrogen and oxygen atoms in total. The van der Waals surface area contributed by atoms with Crippen LogP contribution in [0.25, 0.3) is 0 Å². The van der Waals surface area contributed by atoms with Gasteiger partial charge >= 0.3 is 5.69 Å². The third-order valence-corrected chi connectivity index (χ3v) is 6.31. The van der Waals surface area contributed by atoms with Gasteiger partial charge in [0.1, 0.15) is 4.21 Å². The van der Waals surface area contributed by atoms with Crippen molar-refractivity contribution in [3.63, 3.8) is 0 Å². The summed E-state index contributed by atoms with van der Waals surface area (Å²) in [6.07, 6.45) is 1.31. The Bertz CT molecular complexity index is 622. The summed E-state index contributed by atoms with van der Waals surface area (Å²) >= 11 is 0.868. The van der Waals surface area contributed by atoms with Crippen LogP contribution < -0.4 is 10.0 Å². The van der Waals surface area contributed by atoms with E-state index in [-0.39, 0.29) is 27.0 Å². The number of nitrogens with zero attached hydrogens (tertiary/aromatic N) is 1. The third kappa shape index (κ3) is 3.51. The fourth-order valence-corrected chi connectivity index (χ4v) is 4.72. The molecule has 0 aliphatic heterocycles. The Balaban J connectivity index is 2.16. The Kier molecular flexibility index (Phi) is 4.81. The normalized spacial score (nSPS) is 21.8. The second-order valence-corrected chi connectivity index (χ2v) is 7.71. The second kappa shape index (κ2) is 6.26. The van der Waals surface area contributed by atoms with Crippen molar-refractivity contribution in [1.29, 1.82) is 0 Å². The molecule has 0 amide bonds. The van der Waals surface area contributed by atoms with Crippen molar-refractivity contribution in [3.05, 3.63) is 16.2 Å². The topological polar surface area (TPSA) is 111 Å². The SMILES string of the molecule is CCNc1sc(S(=O)(=O)NC2CC(OC)C2)cc1[N+](=O)[O-]. The van der Waals surface area contributed by atoms with E-state index in [0.29, 0.717) is 19.4 Å². The number of thiophene rings is 1. The highest BCUT2D eigenvalue weighted by Crippen LogP contribution is 2.37. The quantitative estimate of drug-likeness (QED) is 0.578. The monoisotopic (exact) mass is 335 g/mol. The molecule has 1 aromatic rings. The smallest absolute Gasteiger partial charge is 0.304 e. The Morgan fingerprint density at radius 2 is 2.19 bits per heavy atom. The van der Waals surface area contributed by atoms with Crippen LogP contribution in [0.2, 0.25) is 0 Å². The molecule has 0 atom stereocenters. The summed E-state index contributed by atoms with van der Waals surface area (Å²) < 4.78 is 32.1. The van der Waals surface area contributed by atoms with Gasteiger partial charge in [-0.3, -0.25) is 10.1 Å². The minimum Gasteiger partial charge on any atom is -0.381 e. The van der Waals surface area contributed by atoms with Crippen LogP contribution in [0, 0.1) is 10.1 Å². The maximum Gasteiger partial charge on any atom is 0.304 e. The van der Waals surface area contributed by atoms with Gasteiger partial charge in [-0.15, -0.1) is 0 Å². The molecule has 2 N–H and O–H groups in total. The van der Waals surface area contributed by atoms with Gasteiger partial charge in [0.15, 0.2) is 5.00 Å². The van der Waals surface area contributed by atoms with Crippen LogP contribution in [0.5, 0.6) is 0 Å². The Morgan fingerprint density at radius 1 is 1.52 bits per heavy atom. The van der Waals surface area contributed by atoms with Crippen LogP contribution in [-0.4, -0.2) is 39.1 Å². The summed E-state index contributed by atoms with van der Waals surface area (Å²) in [5, 5.41) is 14.0. The van der Waals surface area contributed by atoms with Crippen LogP contribution in [-0.2, 0) is 14.8 Å². The highest BCUT2D eigenvalue weighted by Gasteiger charge is 2.34. The molecular formula is C11H17N3O5S2. The standard InChI is InChI=1S/C11H17N3O5S2/c1-3-12-11-9(14(15)16)6-10(20-11)21(17,18)13-7-4-8(5-7)19-2/h6-8,12-13H,3-5H2,1-2H3. The maximum absolute atomic E-state index is 12.2. The van der Waals surface area contributed by atoms with Crippen LogP contribution >= 0.6 is 11.3 Å². The van der Waals surface area contributed by atoms with E-state index in [1.165, 1.54) is 0 Å². The van der Waals surface area contributed by atoms with Crippen molar-refractivity contribution in [2.75, 3.05) is 19.0 Å². The van der Waals surface area contributed by atoms with Crippen molar-refractivity contribution >= 4 is 32.0 Å². The number of hydrogen-bond acceptors (Lipinski definition) is 7. The highest BCUT2D eigenvalue weighted by atomic mass is 32.2. The molecule has 1 fully saturated rings.